The summed E-state index contributed by atoms with van der Waals surface area (Å²) in [5.74, 6) is -0.476. The highest BCUT2D eigenvalue weighted by Gasteiger charge is 2.04. The highest BCUT2D eigenvalue weighted by Crippen LogP contribution is 2.05. The maximum atomic E-state index is 11.3. The Morgan fingerprint density at radius 3 is 2.59 bits per heavy atom. The fraction of sp³-hybridized carbons (Fsp3) is 0.333. The molecule has 0 saturated carbocycles. The summed E-state index contributed by atoms with van der Waals surface area (Å²) in [6, 6.07) is 7.38. The molecule has 2 amide bonds. The van der Waals surface area contributed by atoms with E-state index in [1.807, 2.05) is 31.2 Å². The molecule has 1 aromatic rings. The normalized spacial score (nSPS) is 9.53. The second-order valence-electron chi connectivity index (χ2n) is 3.54. The van der Waals surface area contributed by atoms with Crippen molar-refractivity contribution in [1.29, 1.82) is 0 Å². The van der Waals surface area contributed by atoms with E-state index in [-0.39, 0.29) is 6.54 Å². The van der Waals surface area contributed by atoms with Crippen LogP contribution >= 0.6 is 0 Å². The quantitative estimate of drug-likeness (QED) is 0.765. The first-order valence-corrected chi connectivity index (χ1v) is 5.26. The molecule has 1 aromatic carbocycles. The summed E-state index contributed by atoms with van der Waals surface area (Å²) in [5.41, 5.74) is 2.15. The molecule has 17 heavy (non-hydrogen) atoms. The van der Waals surface area contributed by atoms with Crippen LogP contribution in [0, 0.1) is 6.92 Å². The molecule has 0 radical (unpaired) electrons. The number of hydrogen-bond donors (Lipinski definition) is 2. The summed E-state index contributed by atoms with van der Waals surface area (Å²) in [5, 5.41) is 5.06. The van der Waals surface area contributed by atoms with E-state index in [0.29, 0.717) is 6.54 Å². The van der Waals surface area contributed by atoms with Crippen LogP contribution in [0.5, 0.6) is 0 Å². The molecule has 0 unspecified atom stereocenters. The Morgan fingerprint density at radius 1 is 1.24 bits per heavy atom. The molecule has 92 valence electrons. The number of carbonyl (C=O) groups is 2. The molecular formula is C12H16N2O3. The Bertz CT molecular complexity index is 404. The molecule has 0 heterocycles. The van der Waals surface area contributed by atoms with Crippen molar-refractivity contribution in [3.05, 3.63) is 35.4 Å². The number of esters is 1. The van der Waals surface area contributed by atoms with E-state index in [9.17, 15) is 9.59 Å². The van der Waals surface area contributed by atoms with Gasteiger partial charge in [-0.3, -0.25) is 4.79 Å². The second-order valence-corrected chi connectivity index (χ2v) is 3.54. The molecule has 0 bridgehead atoms. The van der Waals surface area contributed by atoms with Gasteiger partial charge in [-0.25, -0.2) is 4.79 Å². The first-order valence-electron chi connectivity index (χ1n) is 5.26. The third-order valence-corrected chi connectivity index (χ3v) is 2.32. The number of aryl methyl sites for hydroxylation is 1. The fourth-order valence-corrected chi connectivity index (χ4v) is 1.27. The lowest BCUT2D eigenvalue weighted by Gasteiger charge is -2.08. The third kappa shape index (κ3) is 4.55. The van der Waals surface area contributed by atoms with E-state index in [4.69, 9.17) is 0 Å². The van der Waals surface area contributed by atoms with E-state index in [0.717, 1.165) is 11.1 Å². The number of carbonyl (C=O) groups excluding carboxylic acids is 2. The fourth-order valence-electron chi connectivity index (χ4n) is 1.27. The van der Waals surface area contributed by atoms with Crippen LogP contribution in [0.4, 0.5) is 4.79 Å². The number of amides is 2. The maximum absolute atomic E-state index is 11.3. The average Bonchev–Trinajstić information content (AvgIpc) is 2.35. The van der Waals surface area contributed by atoms with Crippen LogP contribution in [0.25, 0.3) is 0 Å². The molecule has 0 aliphatic rings. The number of urea groups is 1. The molecule has 0 spiro atoms. The largest absolute Gasteiger partial charge is 0.468 e. The molecule has 2 N–H and O–H groups in total. The van der Waals surface area contributed by atoms with Gasteiger partial charge in [-0.15, -0.1) is 0 Å². The van der Waals surface area contributed by atoms with Gasteiger partial charge in [-0.1, -0.05) is 24.3 Å². The lowest BCUT2D eigenvalue weighted by Crippen LogP contribution is -2.38. The van der Waals surface area contributed by atoms with Crippen LogP contribution in [0.15, 0.2) is 24.3 Å². The van der Waals surface area contributed by atoms with Gasteiger partial charge in [-0.05, 0) is 18.1 Å². The summed E-state index contributed by atoms with van der Waals surface area (Å²) in [4.78, 5) is 22.1. The predicted molar refractivity (Wildman–Crippen MR) is 63.4 cm³/mol. The van der Waals surface area contributed by atoms with Crippen molar-refractivity contribution in [1.82, 2.24) is 10.6 Å². The molecule has 0 fully saturated rings. The van der Waals surface area contributed by atoms with E-state index in [2.05, 4.69) is 15.4 Å². The Morgan fingerprint density at radius 2 is 1.94 bits per heavy atom. The van der Waals surface area contributed by atoms with Gasteiger partial charge >= 0.3 is 12.0 Å². The predicted octanol–water partition coefficient (Wildman–Crippen LogP) is 0.967. The van der Waals surface area contributed by atoms with Gasteiger partial charge in [0, 0.05) is 6.54 Å². The van der Waals surface area contributed by atoms with Crippen LogP contribution in [0.1, 0.15) is 11.1 Å². The van der Waals surface area contributed by atoms with Gasteiger partial charge in [0.25, 0.3) is 0 Å². The molecule has 0 aliphatic carbocycles. The Balaban J connectivity index is 2.34. The van der Waals surface area contributed by atoms with Crippen molar-refractivity contribution >= 4 is 12.0 Å². The van der Waals surface area contributed by atoms with Gasteiger partial charge in [0.1, 0.15) is 6.54 Å². The lowest BCUT2D eigenvalue weighted by molar-refractivity contribution is -0.139. The summed E-state index contributed by atoms with van der Waals surface area (Å²) >= 11 is 0. The van der Waals surface area contributed by atoms with Crippen LogP contribution < -0.4 is 10.6 Å². The number of hydrogen-bond acceptors (Lipinski definition) is 3. The SMILES string of the molecule is COC(=O)CNC(=O)NCc1ccccc1C. The number of benzene rings is 1. The van der Waals surface area contributed by atoms with Crippen LogP contribution in [-0.2, 0) is 16.1 Å². The minimum Gasteiger partial charge on any atom is -0.468 e. The first-order chi connectivity index (χ1) is 8.13. The van der Waals surface area contributed by atoms with Gasteiger partial charge in [0.15, 0.2) is 0 Å². The molecule has 0 aliphatic heterocycles. The minimum absolute atomic E-state index is 0.129. The number of rotatable bonds is 4. The molecule has 0 aromatic heterocycles. The summed E-state index contributed by atoms with van der Waals surface area (Å²) in [7, 11) is 1.27. The molecular weight excluding hydrogens is 220 g/mol. The van der Waals surface area contributed by atoms with Crippen LogP contribution in [0.2, 0.25) is 0 Å². The van der Waals surface area contributed by atoms with Crippen molar-refractivity contribution in [3.63, 3.8) is 0 Å². The Labute approximate surface area is 100 Å². The van der Waals surface area contributed by atoms with Crippen LogP contribution in [0.3, 0.4) is 0 Å². The highest BCUT2D eigenvalue weighted by atomic mass is 16.5. The lowest BCUT2D eigenvalue weighted by atomic mass is 10.1. The number of nitrogens with one attached hydrogen (secondary N) is 2. The monoisotopic (exact) mass is 236 g/mol. The van der Waals surface area contributed by atoms with Crippen LogP contribution in [-0.4, -0.2) is 25.7 Å². The van der Waals surface area contributed by atoms with Crippen molar-refractivity contribution in [2.45, 2.75) is 13.5 Å². The smallest absolute Gasteiger partial charge is 0.325 e. The van der Waals surface area contributed by atoms with E-state index in [1.165, 1.54) is 7.11 Å². The maximum Gasteiger partial charge on any atom is 0.325 e. The molecule has 0 atom stereocenters. The van der Waals surface area contributed by atoms with Crippen molar-refractivity contribution in [2.24, 2.45) is 0 Å². The van der Waals surface area contributed by atoms with Crippen molar-refractivity contribution in [2.75, 3.05) is 13.7 Å². The molecule has 1 rings (SSSR count). The molecule has 5 heteroatoms. The minimum atomic E-state index is -0.476. The number of methoxy groups -OCH3 is 1. The zero-order valence-corrected chi connectivity index (χ0v) is 9.95. The van der Waals surface area contributed by atoms with E-state index in [1.54, 1.807) is 0 Å². The Hall–Kier alpha value is -2.04. The topological polar surface area (TPSA) is 67.4 Å². The van der Waals surface area contributed by atoms with Gasteiger partial charge < -0.3 is 15.4 Å². The van der Waals surface area contributed by atoms with Gasteiger partial charge in [0.05, 0.1) is 7.11 Å². The zero-order valence-electron chi connectivity index (χ0n) is 9.95. The second kappa shape index (κ2) is 6.52. The zero-order chi connectivity index (χ0) is 12.7. The molecule has 5 nitrogen and oxygen atoms in total. The molecule has 0 saturated heterocycles. The van der Waals surface area contributed by atoms with Gasteiger partial charge in [-0.2, -0.15) is 0 Å². The number of ether oxygens (including phenoxy) is 1. The standard InChI is InChI=1S/C12H16N2O3/c1-9-5-3-4-6-10(9)7-13-12(16)14-8-11(15)17-2/h3-6H,7-8H2,1-2H3,(H2,13,14,16). The van der Waals surface area contributed by atoms with Crippen molar-refractivity contribution in [3.8, 4) is 0 Å². The van der Waals surface area contributed by atoms with Crippen molar-refractivity contribution < 1.29 is 14.3 Å². The summed E-state index contributed by atoms with van der Waals surface area (Å²) in [6.45, 7) is 2.28. The average molecular weight is 236 g/mol. The summed E-state index contributed by atoms with van der Waals surface area (Å²) < 4.78 is 4.40. The highest BCUT2D eigenvalue weighted by molar-refractivity contribution is 5.80. The summed E-state index contributed by atoms with van der Waals surface area (Å²) in [6.07, 6.45) is 0. The van der Waals surface area contributed by atoms with Gasteiger partial charge in [0.2, 0.25) is 0 Å². The van der Waals surface area contributed by atoms with E-state index >= 15 is 0 Å². The first kappa shape index (κ1) is 13.0. The Kier molecular flexibility index (Phi) is 5.00. The van der Waals surface area contributed by atoms with E-state index < -0.39 is 12.0 Å². The third-order valence-electron chi connectivity index (χ3n) is 2.32.